The van der Waals surface area contributed by atoms with Crippen LogP contribution in [-0.4, -0.2) is 30.3 Å². The summed E-state index contributed by atoms with van der Waals surface area (Å²) in [5.74, 6) is 1.95. The van der Waals surface area contributed by atoms with Crippen LogP contribution in [0.5, 0.6) is 0 Å². The number of benzene rings is 1. The van der Waals surface area contributed by atoms with E-state index in [2.05, 4.69) is 51.8 Å². The molecular weight excluding hydrogens is 324 g/mol. The number of hydrogen-bond acceptors (Lipinski definition) is 4. The van der Waals surface area contributed by atoms with Gasteiger partial charge in [-0.25, -0.2) is 4.98 Å². The number of hydrogen-bond donors (Lipinski definition) is 2. The molecule has 1 aromatic heterocycles. The van der Waals surface area contributed by atoms with Crippen LogP contribution in [0.25, 0.3) is 0 Å². The van der Waals surface area contributed by atoms with Gasteiger partial charge < -0.3 is 10.6 Å². The Balaban J connectivity index is 1.64. The predicted molar refractivity (Wildman–Crippen MR) is 102 cm³/mol. The highest BCUT2D eigenvalue weighted by Crippen LogP contribution is 2.17. The number of aliphatic imine (C=N–C) groups is 1. The second-order valence-corrected chi connectivity index (χ2v) is 7.57. The third kappa shape index (κ3) is 6.23. The lowest BCUT2D eigenvalue weighted by Gasteiger charge is -2.11. The Hall–Kier alpha value is -1.53. The average molecular weight is 349 g/mol. The first-order valence-electron chi connectivity index (χ1n) is 7.74. The van der Waals surface area contributed by atoms with Crippen LogP contribution in [0.1, 0.15) is 22.0 Å². The Morgan fingerprint density at radius 1 is 1.22 bits per heavy atom. The molecule has 0 atom stereocenters. The summed E-state index contributed by atoms with van der Waals surface area (Å²) in [5, 5.41) is 7.82. The zero-order valence-corrected chi connectivity index (χ0v) is 15.6. The Bertz CT molecular complexity index is 623. The van der Waals surface area contributed by atoms with Gasteiger partial charge in [-0.05, 0) is 38.2 Å². The molecule has 6 heteroatoms. The first-order valence-corrected chi connectivity index (χ1v) is 9.54. The molecule has 2 rings (SSSR count). The zero-order chi connectivity index (χ0) is 16.5. The van der Waals surface area contributed by atoms with E-state index in [1.54, 1.807) is 18.4 Å². The smallest absolute Gasteiger partial charge is 0.191 e. The lowest BCUT2D eigenvalue weighted by molar-refractivity contribution is 0.787. The molecule has 0 unspecified atom stereocenters. The molecule has 0 bridgehead atoms. The SMILES string of the molecule is CN=C(NCCCSc1ccccc1)NCc1sc(C)nc1C. The van der Waals surface area contributed by atoms with Gasteiger partial charge in [0.05, 0.1) is 17.2 Å². The second-order valence-electron chi connectivity index (χ2n) is 5.11. The van der Waals surface area contributed by atoms with E-state index in [9.17, 15) is 0 Å². The number of nitrogens with one attached hydrogen (secondary N) is 2. The molecule has 4 nitrogen and oxygen atoms in total. The molecule has 0 amide bonds. The van der Waals surface area contributed by atoms with Gasteiger partial charge in [0.2, 0.25) is 0 Å². The first kappa shape index (κ1) is 17.8. The minimum Gasteiger partial charge on any atom is -0.356 e. The molecule has 1 heterocycles. The van der Waals surface area contributed by atoms with Gasteiger partial charge in [-0.15, -0.1) is 23.1 Å². The zero-order valence-electron chi connectivity index (χ0n) is 13.9. The number of thiazole rings is 1. The summed E-state index contributed by atoms with van der Waals surface area (Å²) in [4.78, 5) is 11.3. The topological polar surface area (TPSA) is 49.3 Å². The maximum atomic E-state index is 4.45. The Morgan fingerprint density at radius 2 is 2.00 bits per heavy atom. The molecule has 0 radical (unpaired) electrons. The maximum Gasteiger partial charge on any atom is 0.191 e. The minimum absolute atomic E-state index is 0.774. The molecule has 0 saturated carbocycles. The summed E-state index contributed by atoms with van der Waals surface area (Å²) < 4.78 is 0. The summed E-state index contributed by atoms with van der Waals surface area (Å²) in [5.41, 5.74) is 1.11. The molecule has 0 fully saturated rings. The molecule has 0 saturated heterocycles. The van der Waals surface area contributed by atoms with Gasteiger partial charge in [0.1, 0.15) is 0 Å². The monoisotopic (exact) mass is 348 g/mol. The molecule has 0 aliphatic heterocycles. The van der Waals surface area contributed by atoms with Crippen LogP contribution in [0.4, 0.5) is 0 Å². The van der Waals surface area contributed by atoms with E-state index in [1.165, 1.54) is 9.77 Å². The highest BCUT2D eigenvalue weighted by atomic mass is 32.2. The number of aromatic nitrogens is 1. The van der Waals surface area contributed by atoms with E-state index in [-0.39, 0.29) is 0 Å². The molecule has 23 heavy (non-hydrogen) atoms. The molecule has 2 aromatic rings. The highest BCUT2D eigenvalue weighted by Gasteiger charge is 2.05. The largest absolute Gasteiger partial charge is 0.356 e. The van der Waals surface area contributed by atoms with Crippen molar-refractivity contribution in [3.63, 3.8) is 0 Å². The van der Waals surface area contributed by atoms with Crippen LogP contribution < -0.4 is 10.6 Å². The van der Waals surface area contributed by atoms with Gasteiger partial charge >= 0.3 is 0 Å². The van der Waals surface area contributed by atoms with Gasteiger partial charge in [0.25, 0.3) is 0 Å². The fourth-order valence-electron chi connectivity index (χ4n) is 2.11. The lowest BCUT2D eigenvalue weighted by Crippen LogP contribution is -2.37. The van der Waals surface area contributed by atoms with Gasteiger partial charge in [0.15, 0.2) is 5.96 Å². The van der Waals surface area contributed by atoms with Crippen molar-refractivity contribution in [2.75, 3.05) is 19.3 Å². The van der Waals surface area contributed by atoms with Crippen LogP contribution in [0, 0.1) is 13.8 Å². The van der Waals surface area contributed by atoms with E-state index < -0.39 is 0 Å². The van der Waals surface area contributed by atoms with Crippen molar-refractivity contribution >= 4 is 29.1 Å². The normalized spacial score (nSPS) is 11.5. The molecule has 0 spiro atoms. The van der Waals surface area contributed by atoms with E-state index in [0.717, 1.165) is 41.9 Å². The van der Waals surface area contributed by atoms with E-state index in [4.69, 9.17) is 0 Å². The van der Waals surface area contributed by atoms with Gasteiger partial charge in [-0.3, -0.25) is 4.99 Å². The summed E-state index contributed by atoms with van der Waals surface area (Å²) in [6.07, 6.45) is 1.10. The Morgan fingerprint density at radius 3 is 2.65 bits per heavy atom. The fourth-order valence-corrected chi connectivity index (χ4v) is 3.86. The number of rotatable bonds is 7. The second kappa shape index (κ2) is 9.57. The minimum atomic E-state index is 0.774. The molecule has 1 aromatic carbocycles. The third-order valence-corrected chi connectivity index (χ3v) is 5.44. The van der Waals surface area contributed by atoms with Crippen molar-refractivity contribution in [2.24, 2.45) is 4.99 Å². The molecular formula is C17H24N4S2. The van der Waals surface area contributed by atoms with Gasteiger partial charge in [-0.1, -0.05) is 18.2 Å². The van der Waals surface area contributed by atoms with Crippen LogP contribution in [0.3, 0.4) is 0 Å². The molecule has 2 N–H and O–H groups in total. The van der Waals surface area contributed by atoms with Crippen molar-refractivity contribution in [3.05, 3.63) is 45.9 Å². The molecule has 124 valence electrons. The summed E-state index contributed by atoms with van der Waals surface area (Å²) in [7, 11) is 1.80. The lowest BCUT2D eigenvalue weighted by atomic mass is 10.4. The summed E-state index contributed by atoms with van der Waals surface area (Å²) >= 11 is 3.62. The quantitative estimate of drug-likeness (QED) is 0.347. The number of guanidine groups is 1. The highest BCUT2D eigenvalue weighted by molar-refractivity contribution is 7.99. The van der Waals surface area contributed by atoms with Crippen molar-refractivity contribution in [2.45, 2.75) is 31.7 Å². The Kier molecular flexibility index (Phi) is 7.42. The van der Waals surface area contributed by atoms with Crippen molar-refractivity contribution in [1.29, 1.82) is 0 Å². The maximum absolute atomic E-state index is 4.45. The first-order chi connectivity index (χ1) is 11.2. The predicted octanol–water partition coefficient (Wildman–Crippen LogP) is 3.61. The van der Waals surface area contributed by atoms with Crippen molar-refractivity contribution in [1.82, 2.24) is 15.6 Å². The Labute approximate surface area is 146 Å². The van der Waals surface area contributed by atoms with Crippen LogP contribution in [0.15, 0.2) is 40.2 Å². The van der Waals surface area contributed by atoms with E-state index in [1.807, 2.05) is 24.8 Å². The van der Waals surface area contributed by atoms with Crippen LogP contribution in [-0.2, 0) is 6.54 Å². The van der Waals surface area contributed by atoms with Crippen LogP contribution in [0.2, 0.25) is 0 Å². The number of nitrogens with zero attached hydrogens (tertiary/aromatic N) is 2. The van der Waals surface area contributed by atoms with Crippen molar-refractivity contribution in [3.8, 4) is 0 Å². The third-order valence-electron chi connectivity index (χ3n) is 3.27. The summed E-state index contributed by atoms with van der Waals surface area (Å²) in [6.45, 7) is 5.78. The van der Waals surface area contributed by atoms with E-state index in [0.29, 0.717) is 0 Å². The average Bonchev–Trinajstić information content (AvgIpc) is 2.88. The fraction of sp³-hybridized carbons (Fsp3) is 0.412. The summed E-state index contributed by atoms with van der Waals surface area (Å²) in [6, 6.07) is 10.5. The van der Waals surface area contributed by atoms with E-state index >= 15 is 0 Å². The molecule has 0 aliphatic carbocycles. The standard InChI is InChI=1S/C17H24N4S2/c1-13-16(23-14(2)21-13)12-20-17(18-3)19-10-7-11-22-15-8-5-4-6-9-15/h4-6,8-9H,7,10-12H2,1-3H3,(H2,18,19,20). The number of thioether (sulfide) groups is 1. The van der Waals surface area contributed by atoms with Gasteiger partial charge in [0, 0.05) is 23.4 Å². The van der Waals surface area contributed by atoms with Gasteiger partial charge in [-0.2, -0.15) is 0 Å². The van der Waals surface area contributed by atoms with Crippen molar-refractivity contribution < 1.29 is 0 Å². The molecule has 0 aliphatic rings. The number of aryl methyl sites for hydroxylation is 2. The van der Waals surface area contributed by atoms with Crippen LogP contribution >= 0.6 is 23.1 Å².